The van der Waals surface area contributed by atoms with Gasteiger partial charge in [-0.05, 0) is 32.7 Å². The molecule has 132 valence electrons. The highest BCUT2D eigenvalue weighted by molar-refractivity contribution is 6.34. The normalized spacial score (nSPS) is 28.5. The Balaban J connectivity index is 1.57. The van der Waals surface area contributed by atoms with Crippen molar-refractivity contribution in [1.82, 2.24) is 24.6 Å². The minimum absolute atomic E-state index is 0.0425. The fourth-order valence-electron chi connectivity index (χ4n) is 4.35. The quantitative estimate of drug-likeness (QED) is 0.761. The van der Waals surface area contributed by atoms with Gasteiger partial charge in [0.2, 0.25) is 0 Å². The smallest absolute Gasteiger partial charge is 0.275 e. The molecule has 1 atom stereocenters. The van der Waals surface area contributed by atoms with Gasteiger partial charge in [0.05, 0.1) is 16.3 Å². The van der Waals surface area contributed by atoms with Crippen molar-refractivity contribution >= 4 is 17.5 Å². The summed E-state index contributed by atoms with van der Waals surface area (Å²) in [6.07, 6.45) is 4.11. The molecular weight excluding hydrogens is 328 g/mol. The van der Waals surface area contributed by atoms with E-state index in [0.29, 0.717) is 17.3 Å². The molecule has 0 radical (unpaired) electrons. The van der Waals surface area contributed by atoms with Crippen LogP contribution in [0.4, 0.5) is 0 Å². The van der Waals surface area contributed by atoms with E-state index in [9.17, 15) is 4.79 Å². The van der Waals surface area contributed by atoms with Gasteiger partial charge < -0.3 is 9.80 Å². The Bertz CT molecular complexity index is 661. The van der Waals surface area contributed by atoms with Crippen LogP contribution in [0.3, 0.4) is 0 Å². The predicted molar refractivity (Wildman–Crippen MR) is 91.6 cm³/mol. The maximum Gasteiger partial charge on any atom is 0.275 e. The largest absolute Gasteiger partial charge is 0.335 e. The van der Waals surface area contributed by atoms with Gasteiger partial charge >= 0.3 is 0 Å². The molecular formula is C16H25ClN6O. The Kier molecular flexibility index (Phi) is 4.07. The molecule has 3 aliphatic rings. The number of carbonyl (C=O) groups excluding carboxylic acids is 1. The standard InChI is InChI=1S/C16H25ClN6O/c1-20-6-3-7-22-12(10-20)13(17)14(19-22)15(24)21-9-5-16(11-21)4-2-8-23(16)18/h2-11,18H2,1H3. The van der Waals surface area contributed by atoms with E-state index in [-0.39, 0.29) is 11.4 Å². The van der Waals surface area contributed by atoms with Crippen molar-refractivity contribution < 1.29 is 4.79 Å². The maximum absolute atomic E-state index is 13.0. The summed E-state index contributed by atoms with van der Waals surface area (Å²) >= 11 is 6.54. The van der Waals surface area contributed by atoms with Crippen LogP contribution in [0.1, 0.15) is 41.9 Å². The van der Waals surface area contributed by atoms with Gasteiger partial charge in [-0.3, -0.25) is 15.3 Å². The first-order valence-electron chi connectivity index (χ1n) is 8.75. The molecule has 7 nitrogen and oxygen atoms in total. The van der Waals surface area contributed by atoms with E-state index in [4.69, 9.17) is 17.4 Å². The lowest BCUT2D eigenvalue weighted by molar-refractivity contribution is 0.0741. The van der Waals surface area contributed by atoms with Crippen molar-refractivity contribution in [2.75, 3.05) is 33.2 Å². The third-order valence-electron chi connectivity index (χ3n) is 5.80. The minimum Gasteiger partial charge on any atom is -0.335 e. The number of fused-ring (bicyclic) bond motifs is 1. The minimum atomic E-state index is -0.0552. The number of nitrogens with two attached hydrogens (primary N) is 1. The van der Waals surface area contributed by atoms with Gasteiger partial charge in [-0.15, -0.1) is 0 Å². The lowest BCUT2D eigenvalue weighted by Crippen LogP contribution is -2.50. The van der Waals surface area contributed by atoms with Crippen LogP contribution in [0.25, 0.3) is 0 Å². The maximum atomic E-state index is 13.0. The number of rotatable bonds is 1. The highest BCUT2D eigenvalue weighted by Gasteiger charge is 2.46. The Morgan fingerprint density at radius 3 is 2.79 bits per heavy atom. The SMILES string of the molecule is CN1CCCn2nc(C(=O)N3CCC4(CCCN4N)C3)c(Cl)c2C1. The molecule has 0 aliphatic carbocycles. The molecule has 3 aliphatic heterocycles. The average Bonchev–Trinajstić information content (AvgIpc) is 3.18. The lowest BCUT2D eigenvalue weighted by atomic mass is 9.96. The van der Waals surface area contributed by atoms with Crippen LogP contribution in [-0.4, -0.2) is 69.3 Å². The fraction of sp³-hybridized carbons (Fsp3) is 0.750. The molecule has 4 rings (SSSR count). The Labute approximate surface area is 147 Å². The van der Waals surface area contributed by atoms with Crippen LogP contribution in [0, 0.1) is 0 Å². The predicted octanol–water partition coefficient (Wildman–Crippen LogP) is 0.926. The molecule has 1 aromatic heterocycles. The third kappa shape index (κ3) is 2.54. The number of aromatic nitrogens is 2. The van der Waals surface area contributed by atoms with Gasteiger partial charge in [0.15, 0.2) is 5.69 Å². The van der Waals surface area contributed by atoms with E-state index < -0.39 is 0 Å². The zero-order valence-corrected chi connectivity index (χ0v) is 14.9. The highest BCUT2D eigenvalue weighted by Crippen LogP contribution is 2.36. The first-order valence-corrected chi connectivity index (χ1v) is 9.13. The first-order chi connectivity index (χ1) is 11.5. The highest BCUT2D eigenvalue weighted by atomic mass is 35.5. The monoisotopic (exact) mass is 352 g/mol. The van der Waals surface area contributed by atoms with Crippen molar-refractivity contribution in [1.29, 1.82) is 0 Å². The molecule has 0 aromatic carbocycles. The summed E-state index contributed by atoms with van der Waals surface area (Å²) < 4.78 is 1.91. The van der Waals surface area contributed by atoms with Gasteiger partial charge in [-0.1, -0.05) is 11.6 Å². The average molecular weight is 353 g/mol. The zero-order valence-electron chi connectivity index (χ0n) is 14.2. The Morgan fingerprint density at radius 1 is 1.21 bits per heavy atom. The van der Waals surface area contributed by atoms with Gasteiger partial charge in [0, 0.05) is 39.3 Å². The number of hydrazine groups is 1. The molecule has 1 unspecified atom stereocenters. The number of hydrogen-bond acceptors (Lipinski definition) is 5. The van der Waals surface area contributed by atoms with Crippen molar-refractivity contribution in [2.24, 2.45) is 5.84 Å². The Hall–Kier alpha value is -1.15. The fourth-order valence-corrected chi connectivity index (χ4v) is 4.63. The van der Waals surface area contributed by atoms with Crippen LogP contribution < -0.4 is 5.84 Å². The second-order valence-electron chi connectivity index (χ2n) is 7.42. The molecule has 1 aromatic rings. The van der Waals surface area contributed by atoms with Crippen LogP contribution >= 0.6 is 11.6 Å². The number of halogens is 1. The van der Waals surface area contributed by atoms with E-state index in [1.54, 1.807) is 0 Å². The lowest BCUT2D eigenvalue weighted by Gasteiger charge is -2.31. The summed E-state index contributed by atoms with van der Waals surface area (Å²) in [4.78, 5) is 17.1. The number of nitrogens with zero attached hydrogens (tertiary/aromatic N) is 5. The van der Waals surface area contributed by atoms with Crippen molar-refractivity contribution in [3.05, 3.63) is 16.4 Å². The summed E-state index contributed by atoms with van der Waals surface area (Å²) in [5, 5.41) is 6.99. The second kappa shape index (κ2) is 5.98. The molecule has 0 bridgehead atoms. The molecule has 1 amide bonds. The molecule has 8 heteroatoms. The summed E-state index contributed by atoms with van der Waals surface area (Å²) in [5.74, 6) is 6.11. The van der Waals surface area contributed by atoms with Crippen LogP contribution in [0.15, 0.2) is 0 Å². The van der Waals surface area contributed by atoms with Crippen LogP contribution in [0.2, 0.25) is 5.02 Å². The van der Waals surface area contributed by atoms with Crippen molar-refractivity contribution in [3.8, 4) is 0 Å². The zero-order chi connectivity index (χ0) is 16.9. The van der Waals surface area contributed by atoms with Gasteiger partial charge in [-0.25, -0.2) is 5.01 Å². The van der Waals surface area contributed by atoms with Gasteiger partial charge in [0.1, 0.15) is 0 Å². The second-order valence-corrected chi connectivity index (χ2v) is 7.80. The number of carbonyl (C=O) groups is 1. The molecule has 24 heavy (non-hydrogen) atoms. The summed E-state index contributed by atoms with van der Waals surface area (Å²) in [6, 6.07) is 0. The third-order valence-corrected chi connectivity index (χ3v) is 6.19. The van der Waals surface area contributed by atoms with Gasteiger partial charge in [0.25, 0.3) is 5.91 Å². The van der Waals surface area contributed by atoms with Crippen LogP contribution in [-0.2, 0) is 13.1 Å². The van der Waals surface area contributed by atoms with Crippen LogP contribution in [0.5, 0.6) is 0 Å². The Morgan fingerprint density at radius 2 is 2.04 bits per heavy atom. The topological polar surface area (TPSA) is 70.6 Å². The number of aryl methyl sites for hydroxylation is 1. The number of likely N-dealkylation sites (tertiary alicyclic amines) is 1. The van der Waals surface area contributed by atoms with E-state index in [2.05, 4.69) is 17.0 Å². The molecule has 2 fully saturated rings. The summed E-state index contributed by atoms with van der Waals surface area (Å²) in [7, 11) is 2.07. The number of hydrogen-bond donors (Lipinski definition) is 1. The number of amides is 1. The molecule has 4 heterocycles. The molecule has 0 saturated carbocycles. The van der Waals surface area contributed by atoms with E-state index in [1.165, 1.54) is 0 Å². The van der Waals surface area contributed by atoms with Crippen molar-refractivity contribution in [3.63, 3.8) is 0 Å². The summed E-state index contributed by atoms with van der Waals surface area (Å²) in [6.45, 7) is 4.89. The van der Waals surface area contributed by atoms with E-state index >= 15 is 0 Å². The summed E-state index contributed by atoms with van der Waals surface area (Å²) in [5.41, 5.74) is 1.31. The van der Waals surface area contributed by atoms with Gasteiger partial charge in [-0.2, -0.15) is 5.10 Å². The van der Waals surface area contributed by atoms with Crippen molar-refractivity contribution in [2.45, 2.75) is 44.3 Å². The molecule has 1 spiro atoms. The van der Waals surface area contributed by atoms with E-state index in [0.717, 1.165) is 64.1 Å². The first kappa shape index (κ1) is 16.3. The molecule has 2 saturated heterocycles. The van der Waals surface area contributed by atoms with E-state index in [1.807, 2.05) is 14.6 Å². The molecule has 2 N–H and O–H groups in total.